The van der Waals surface area contributed by atoms with E-state index in [1.807, 2.05) is 115 Å². The minimum absolute atomic E-state index is 0.0293. The molecular formula is C33H39ClN6O3. The Balaban J connectivity index is 1.44. The number of rotatable bonds is 10. The second kappa shape index (κ2) is 13.5. The Bertz CT molecular complexity index is 1440. The van der Waals surface area contributed by atoms with Crippen molar-refractivity contribution in [1.82, 2.24) is 25.1 Å². The number of carbonyl (C=O) groups excluding carboxylic acids is 3. The summed E-state index contributed by atoms with van der Waals surface area (Å²) in [5, 5.41) is 7.15. The zero-order valence-electron chi connectivity index (χ0n) is 24.9. The van der Waals surface area contributed by atoms with Gasteiger partial charge in [0.1, 0.15) is 12.2 Å². The van der Waals surface area contributed by atoms with Gasteiger partial charge in [0, 0.05) is 40.2 Å². The van der Waals surface area contributed by atoms with Crippen LogP contribution in [-0.4, -0.2) is 83.6 Å². The van der Waals surface area contributed by atoms with Crippen molar-refractivity contribution in [2.45, 2.75) is 45.1 Å². The molecule has 0 saturated carbocycles. The summed E-state index contributed by atoms with van der Waals surface area (Å²) in [6, 6.07) is 24.3. The lowest BCUT2D eigenvalue weighted by molar-refractivity contribution is -0.157. The minimum Gasteiger partial charge on any atom is -0.376 e. The fraction of sp³-hybridized carbons (Fsp3) is 0.364. The van der Waals surface area contributed by atoms with Gasteiger partial charge in [-0.1, -0.05) is 85.3 Å². The second-order valence-corrected chi connectivity index (χ2v) is 11.7. The van der Waals surface area contributed by atoms with Gasteiger partial charge < -0.3 is 20.0 Å². The number of anilines is 1. The van der Waals surface area contributed by atoms with Crippen molar-refractivity contribution in [2.75, 3.05) is 38.6 Å². The van der Waals surface area contributed by atoms with E-state index in [1.54, 1.807) is 9.91 Å². The standard InChI is InChI=1S/C33H39ClN6O3/c1-4-17-38(33(43)35-20-25-13-9-6-10-14-25)39-23-31(41)40-29(18-24-11-7-5-8-12-24)32(42)37(22-30(39)40)21-26-15-16-27(34)28(19-26)36(2)3/h5-16,19,29-30H,4,17-18,20-23H2,1-3H3,(H,35,43)/t29-,30+/m0/s1. The van der Waals surface area contributed by atoms with Crippen molar-refractivity contribution in [3.05, 3.63) is 101 Å². The van der Waals surface area contributed by atoms with Crippen molar-refractivity contribution in [3.8, 4) is 0 Å². The molecule has 0 unspecified atom stereocenters. The van der Waals surface area contributed by atoms with Gasteiger partial charge in [-0.25, -0.2) is 4.79 Å². The molecule has 1 N–H and O–H groups in total. The summed E-state index contributed by atoms with van der Waals surface area (Å²) in [7, 11) is 3.86. The number of nitrogens with one attached hydrogen (secondary N) is 1. The van der Waals surface area contributed by atoms with Crippen LogP contribution in [0.1, 0.15) is 30.0 Å². The molecule has 5 rings (SSSR count). The third-order valence-electron chi connectivity index (χ3n) is 7.97. The monoisotopic (exact) mass is 602 g/mol. The minimum atomic E-state index is -0.685. The van der Waals surface area contributed by atoms with Gasteiger partial charge in [0.05, 0.1) is 23.8 Å². The van der Waals surface area contributed by atoms with E-state index in [-0.39, 0.29) is 30.9 Å². The molecule has 0 aromatic heterocycles. The van der Waals surface area contributed by atoms with Crippen LogP contribution >= 0.6 is 11.6 Å². The first-order chi connectivity index (χ1) is 20.8. The molecule has 3 aromatic carbocycles. The lowest BCUT2D eigenvalue weighted by atomic mass is 10.00. The molecule has 2 saturated heterocycles. The molecule has 0 bridgehead atoms. The Kier molecular flexibility index (Phi) is 9.52. The summed E-state index contributed by atoms with van der Waals surface area (Å²) in [6.45, 7) is 3.50. The van der Waals surface area contributed by atoms with Gasteiger partial charge in [-0.15, -0.1) is 0 Å². The summed E-state index contributed by atoms with van der Waals surface area (Å²) < 4.78 is 0. The van der Waals surface area contributed by atoms with Crippen LogP contribution in [0, 0.1) is 0 Å². The Morgan fingerprint density at radius 2 is 1.63 bits per heavy atom. The number of fused-ring (bicyclic) bond motifs is 1. The first-order valence-electron chi connectivity index (χ1n) is 14.7. The topological polar surface area (TPSA) is 79.4 Å². The van der Waals surface area contributed by atoms with E-state index in [9.17, 15) is 14.4 Å². The molecule has 226 valence electrons. The summed E-state index contributed by atoms with van der Waals surface area (Å²) >= 11 is 6.43. The number of hydrogen-bond acceptors (Lipinski definition) is 5. The van der Waals surface area contributed by atoms with Crippen molar-refractivity contribution in [2.24, 2.45) is 0 Å². The number of hydrogen-bond donors (Lipinski definition) is 1. The van der Waals surface area contributed by atoms with Gasteiger partial charge >= 0.3 is 6.03 Å². The Morgan fingerprint density at radius 1 is 0.953 bits per heavy atom. The molecule has 2 heterocycles. The summed E-state index contributed by atoms with van der Waals surface area (Å²) in [6.07, 6.45) is 0.627. The zero-order valence-corrected chi connectivity index (χ0v) is 25.7. The van der Waals surface area contributed by atoms with Crippen LogP contribution in [0.15, 0.2) is 78.9 Å². The van der Waals surface area contributed by atoms with Crippen LogP contribution in [-0.2, 0) is 29.1 Å². The van der Waals surface area contributed by atoms with E-state index in [1.165, 1.54) is 0 Å². The Hall–Kier alpha value is -4.08. The van der Waals surface area contributed by atoms with Crippen LogP contribution in [0.25, 0.3) is 0 Å². The quantitative estimate of drug-likeness (QED) is 0.373. The van der Waals surface area contributed by atoms with E-state index >= 15 is 0 Å². The fourth-order valence-electron chi connectivity index (χ4n) is 5.87. The lowest BCUT2D eigenvalue weighted by Crippen LogP contribution is -2.66. The summed E-state index contributed by atoms with van der Waals surface area (Å²) in [5.74, 6) is -0.260. The van der Waals surface area contributed by atoms with Gasteiger partial charge in [0.2, 0.25) is 11.8 Å². The van der Waals surface area contributed by atoms with E-state index in [0.29, 0.717) is 37.5 Å². The largest absolute Gasteiger partial charge is 0.376 e. The number of halogens is 1. The van der Waals surface area contributed by atoms with Crippen LogP contribution < -0.4 is 10.2 Å². The summed E-state index contributed by atoms with van der Waals surface area (Å²) in [5.41, 5.74) is 3.77. The predicted octanol–water partition coefficient (Wildman–Crippen LogP) is 4.37. The number of hydrazine groups is 1. The van der Waals surface area contributed by atoms with Crippen molar-refractivity contribution < 1.29 is 14.4 Å². The predicted molar refractivity (Wildman–Crippen MR) is 168 cm³/mol. The molecule has 0 radical (unpaired) electrons. The third-order valence-corrected chi connectivity index (χ3v) is 8.29. The van der Waals surface area contributed by atoms with Crippen LogP contribution in [0.5, 0.6) is 0 Å². The smallest absolute Gasteiger partial charge is 0.332 e. The van der Waals surface area contributed by atoms with Crippen molar-refractivity contribution >= 4 is 35.1 Å². The molecule has 2 atom stereocenters. The number of carbonyl (C=O) groups is 3. The average Bonchev–Trinajstić information content (AvgIpc) is 3.33. The number of benzene rings is 3. The molecule has 3 aromatic rings. The SMILES string of the molecule is CCCN(C(=O)NCc1ccccc1)N1CC(=O)N2[C@@H](Cc3ccccc3)C(=O)N(Cc3ccc(Cl)c(N(C)C)c3)C[C@@H]21. The first kappa shape index (κ1) is 30.4. The molecule has 0 spiro atoms. The molecular weight excluding hydrogens is 564 g/mol. The molecule has 2 aliphatic heterocycles. The summed E-state index contributed by atoms with van der Waals surface area (Å²) in [4.78, 5) is 46.7. The molecule has 10 heteroatoms. The van der Waals surface area contributed by atoms with E-state index in [4.69, 9.17) is 11.6 Å². The average molecular weight is 603 g/mol. The maximum absolute atomic E-state index is 14.1. The van der Waals surface area contributed by atoms with Gasteiger partial charge in [0.25, 0.3) is 0 Å². The molecule has 0 aliphatic carbocycles. The Labute approximate surface area is 258 Å². The second-order valence-electron chi connectivity index (χ2n) is 11.3. The maximum atomic E-state index is 14.1. The van der Waals surface area contributed by atoms with E-state index in [2.05, 4.69) is 5.32 Å². The highest BCUT2D eigenvalue weighted by atomic mass is 35.5. The van der Waals surface area contributed by atoms with Gasteiger partial charge in [0.15, 0.2) is 0 Å². The number of urea groups is 1. The Morgan fingerprint density at radius 3 is 2.28 bits per heavy atom. The first-order valence-corrected chi connectivity index (χ1v) is 15.1. The van der Waals surface area contributed by atoms with Crippen LogP contribution in [0.4, 0.5) is 10.5 Å². The van der Waals surface area contributed by atoms with E-state index in [0.717, 1.165) is 22.4 Å². The van der Waals surface area contributed by atoms with Gasteiger partial charge in [-0.3, -0.25) is 14.6 Å². The lowest BCUT2D eigenvalue weighted by Gasteiger charge is -2.46. The maximum Gasteiger partial charge on any atom is 0.332 e. The van der Waals surface area contributed by atoms with Crippen LogP contribution in [0.3, 0.4) is 0 Å². The zero-order chi connectivity index (χ0) is 30.5. The number of amides is 4. The molecule has 2 aliphatic rings. The highest BCUT2D eigenvalue weighted by Crippen LogP contribution is 2.31. The third kappa shape index (κ3) is 6.78. The highest BCUT2D eigenvalue weighted by molar-refractivity contribution is 6.33. The molecule has 9 nitrogen and oxygen atoms in total. The molecule has 4 amide bonds. The van der Waals surface area contributed by atoms with E-state index < -0.39 is 12.2 Å². The highest BCUT2D eigenvalue weighted by Gasteiger charge is 2.52. The number of nitrogens with zero attached hydrogens (tertiary/aromatic N) is 5. The fourth-order valence-corrected chi connectivity index (χ4v) is 6.16. The van der Waals surface area contributed by atoms with Crippen molar-refractivity contribution in [3.63, 3.8) is 0 Å². The normalized spacial score (nSPS) is 18.5. The van der Waals surface area contributed by atoms with Crippen molar-refractivity contribution in [1.29, 1.82) is 0 Å². The van der Waals surface area contributed by atoms with Gasteiger partial charge in [-0.05, 0) is 35.2 Å². The number of piperazine rings is 1. The van der Waals surface area contributed by atoms with Crippen LogP contribution in [0.2, 0.25) is 5.02 Å². The molecule has 2 fully saturated rings. The van der Waals surface area contributed by atoms with Gasteiger partial charge in [-0.2, -0.15) is 5.01 Å². The molecule has 43 heavy (non-hydrogen) atoms.